The monoisotopic (exact) mass is 435 g/mol. The quantitative estimate of drug-likeness (QED) is 0.454. The number of benzene rings is 2. The van der Waals surface area contributed by atoms with Crippen LogP contribution in [0.3, 0.4) is 0 Å². The highest BCUT2D eigenvalue weighted by atomic mass is 19.1. The number of amides is 1. The highest BCUT2D eigenvalue weighted by Crippen LogP contribution is 2.22. The molecule has 1 heterocycles. The van der Waals surface area contributed by atoms with Gasteiger partial charge < -0.3 is 5.32 Å². The summed E-state index contributed by atoms with van der Waals surface area (Å²) in [7, 11) is 1.87. The van der Waals surface area contributed by atoms with Crippen LogP contribution in [-0.4, -0.2) is 21.6 Å². The normalized spacial score (nSPS) is 12.0. The Morgan fingerprint density at radius 2 is 1.75 bits per heavy atom. The van der Waals surface area contributed by atoms with Gasteiger partial charge in [0.25, 0.3) is 5.91 Å². The number of hydrogen-bond donors (Lipinski definition) is 2. The first-order valence-electron chi connectivity index (χ1n) is 10.5. The van der Waals surface area contributed by atoms with Crippen molar-refractivity contribution >= 4 is 17.6 Å². The second kappa shape index (κ2) is 9.34. The van der Waals surface area contributed by atoms with Gasteiger partial charge in [-0.25, -0.2) is 9.38 Å². The average molecular weight is 436 g/mol. The van der Waals surface area contributed by atoms with Crippen molar-refractivity contribution in [2.24, 2.45) is 12.0 Å². The molecule has 0 atom stereocenters. The highest BCUT2D eigenvalue weighted by molar-refractivity contribution is 6.10. The Labute approximate surface area is 188 Å². The summed E-state index contributed by atoms with van der Waals surface area (Å²) in [6.07, 6.45) is 0. The zero-order chi connectivity index (χ0) is 23.5. The predicted octanol–water partition coefficient (Wildman–Crippen LogP) is 4.87. The van der Waals surface area contributed by atoms with Gasteiger partial charge in [0, 0.05) is 23.9 Å². The van der Waals surface area contributed by atoms with Crippen LogP contribution in [0.2, 0.25) is 0 Å². The molecule has 0 unspecified atom stereocenters. The first-order valence-corrected chi connectivity index (χ1v) is 10.5. The van der Waals surface area contributed by atoms with Crippen molar-refractivity contribution in [2.45, 2.75) is 46.6 Å². The fourth-order valence-electron chi connectivity index (χ4n) is 3.31. The van der Waals surface area contributed by atoms with Gasteiger partial charge in [0.2, 0.25) is 5.96 Å². The third kappa shape index (κ3) is 5.41. The van der Waals surface area contributed by atoms with Crippen molar-refractivity contribution in [3.8, 4) is 0 Å². The topological polar surface area (TPSA) is 71.3 Å². The molecule has 1 aromatic heterocycles. The minimum Gasteiger partial charge on any atom is -0.323 e. The Morgan fingerprint density at radius 1 is 1.09 bits per heavy atom. The van der Waals surface area contributed by atoms with E-state index in [2.05, 4.69) is 41.5 Å². The van der Waals surface area contributed by atoms with Crippen LogP contribution < -0.4 is 10.6 Å². The molecular formula is C25H30FN5O. The standard InChI is InChI=1S/C25H30FN5O/c1-16-20(17(2)31(6)30-16)15-27-24(28-22-10-8-7-9-21(22)26)29-23(32)18-11-13-19(14-12-18)25(3,4)5/h7-14H,15H2,1-6H3,(H2,27,28,29,32). The maximum Gasteiger partial charge on any atom is 0.257 e. The minimum absolute atomic E-state index is 0.00649. The summed E-state index contributed by atoms with van der Waals surface area (Å²) in [4.78, 5) is 17.4. The summed E-state index contributed by atoms with van der Waals surface area (Å²) < 4.78 is 16.0. The van der Waals surface area contributed by atoms with E-state index in [4.69, 9.17) is 0 Å². The number of anilines is 1. The first-order chi connectivity index (χ1) is 15.1. The summed E-state index contributed by atoms with van der Waals surface area (Å²) in [5.41, 5.74) is 4.67. The number of nitrogens with one attached hydrogen (secondary N) is 2. The maximum atomic E-state index is 14.2. The molecule has 1 amide bonds. The number of guanidine groups is 1. The van der Waals surface area contributed by atoms with Crippen LogP contribution in [0.15, 0.2) is 53.5 Å². The van der Waals surface area contributed by atoms with Gasteiger partial charge in [-0.3, -0.25) is 14.8 Å². The second-order valence-electron chi connectivity index (χ2n) is 8.82. The van der Waals surface area contributed by atoms with Crippen LogP contribution in [0.1, 0.15) is 53.6 Å². The molecule has 0 radical (unpaired) electrons. The van der Waals surface area contributed by atoms with E-state index in [1.165, 1.54) is 6.07 Å². The van der Waals surface area contributed by atoms with Crippen LogP contribution in [0.25, 0.3) is 0 Å². The molecule has 0 aliphatic rings. The third-order valence-corrected chi connectivity index (χ3v) is 5.43. The van der Waals surface area contributed by atoms with E-state index in [-0.39, 0.29) is 23.0 Å². The number of nitrogens with zero attached hydrogens (tertiary/aromatic N) is 3. The van der Waals surface area contributed by atoms with E-state index in [1.807, 2.05) is 33.0 Å². The fraction of sp³-hybridized carbons (Fsp3) is 0.320. The molecular weight excluding hydrogens is 405 g/mol. The Balaban J connectivity index is 1.86. The number of hydrogen-bond acceptors (Lipinski definition) is 3. The van der Waals surface area contributed by atoms with Crippen molar-refractivity contribution in [1.29, 1.82) is 0 Å². The molecule has 0 aliphatic heterocycles. The van der Waals surface area contributed by atoms with Gasteiger partial charge >= 0.3 is 0 Å². The molecule has 7 heteroatoms. The SMILES string of the molecule is Cc1nn(C)c(C)c1CN=C(NC(=O)c1ccc(C(C)(C)C)cc1)Nc1ccccc1F. The van der Waals surface area contributed by atoms with Gasteiger partial charge in [-0.15, -0.1) is 0 Å². The van der Waals surface area contributed by atoms with Crippen molar-refractivity contribution < 1.29 is 9.18 Å². The molecule has 0 spiro atoms. The van der Waals surface area contributed by atoms with Crippen LogP contribution in [0, 0.1) is 19.7 Å². The van der Waals surface area contributed by atoms with E-state index in [1.54, 1.807) is 35.0 Å². The van der Waals surface area contributed by atoms with Crippen molar-refractivity contribution in [2.75, 3.05) is 5.32 Å². The number of para-hydroxylation sites is 1. The zero-order valence-corrected chi connectivity index (χ0v) is 19.5. The minimum atomic E-state index is -0.433. The summed E-state index contributed by atoms with van der Waals surface area (Å²) in [6, 6.07) is 13.7. The van der Waals surface area contributed by atoms with Gasteiger partial charge in [-0.2, -0.15) is 5.10 Å². The Kier molecular flexibility index (Phi) is 6.77. The molecule has 3 rings (SSSR count). The maximum absolute atomic E-state index is 14.2. The predicted molar refractivity (Wildman–Crippen MR) is 126 cm³/mol. The van der Waals surface area contributed by atoms with Crippen LogP contribution in [-0.2, 0) is 19.0 Å². The number of rotatable bonds is 4. The smallest absolute Gasteiger partial charge is 0.257 e. The largest absolute Gasteiger partial charge is 0.323 e. The highest BCUT2D eigenvalue weighted by Gasteiger charge is 2.16. The fourth-order valence-corrected chi connectivity index (χ4v) is 3.31. The molecule has 0 saturated carbocycles. The first kappa shape index (κ1) is 23.2. The molecule has 0 aliphatic carbocycles. The molecule has 2 aromatic carbocycles. The lowest BCUT2D eigenvalue weighted by atomic mass is 9.87. The van der Waals surface area contributed by atoms with Gasteiger partial charge in [-0.1, -0.05) is 45.0 Å². The number of aliphatic imine (C=N–C) groups is 1. The molecule has 6 nitrogen and oxygen atoms in total. The number of halogens is 1. The molecule has 0 bridgehead atoms. The summed E-state index contributed by atoms with van der Waals surface area (Å²) in [5.74, 6) is -0.590. The van der Waals surface area contributed by atoms with E-state index in [0.29, 0.717) is 12.1 Å². The van der Waals surface area contributed by atoms with Gasteiger partial charge in [-0.05, 0) is 49.1 Å². The number of carbonyl (C=O) groups is 1. The Hall–Kier alpha value is -3.48. The second-order valence-corrected chi connectivity index (χ2v) is 8.82. The molecule has 0 fully saturated rings. The molecule has 32 heavy (non-hydrogen) atoms. The molecule has 2 N–H and O–H groups in total. The summed E-state index contributed by atoms with van der Waals surface area (Å²) in [5, 5.41) is 10.1. The molecule has 0 saturated heterocycles. The van der Waals surface area contributed by atoms with Crippen LogP contribution in [0.5, 0.6) is 0 Å². The average Bonchev–Trinajstić information content (AvgIpc) is 2.98. The summed E-state index contributed by atoms with van der Waals surface area (Å²) >= 11 is 0. The van der Waals surface area contributed by atoms with Crippen molar-refractivity contribution in [3.63, 3.8) is 0 Å². The number of aromatic nitrogens is 2. The van der Waals surface area contributed by atoms with Crippen LogP contribution >= 0.6 is 0 Å². The summed E-state index contributed by atoms with van der Waals surface area (Å²) in [6.45, 7) is 10.5. The lowest BCUT2D eigenvalue weighted by molar-refractivity contribution is 0.0977. The van der Waals surface area contributed by atoms with Gasteiger partial charge in [0.15, 0.2) is 0 Å². The van der Waals surface area contributed by atoms with E-state index in [9.17, 15) is 9.18 Å². The lowest BCUT2D eigenvalue weighted by Gasteiger charge is -2.19. The van der Waals surface area contributed by atoms with E-state index < -0.39 is 5.82 Å². The third-order valence-electron chi connectivity index (χ3n) is 5.43. The van der Waals surface area contributed by atoms with Gasteiger partial charge in [0.05, 0.1) is 17.9 Å². The van der Waals surface area contributed by atoms with Crippen molar-refractivity contribution in [3.05, 3.63) is 82.4 Å². The van der Waals surface area contributed by atoms with Gasteiger partial charge in [0.1, 0.15) is 5.82 Å². The molecule has 168 valence electrons. The Morgan fingerprint density at radius 3 is 2.31 bits per heavy atom. The molecule has 3 aromatic rings. The number of carbonyl (C=O) groups excluding carboxylic acids is 1. The number of aryl methyl sites for hydroxylation is 2. The lowest BCUT2D eigenvalue weighted by Crippen LogP contribution is -2.36. The van der Waals surface area contributed by atoms with Crippen LogP contribution in [0.4, 0.5) is 10.1 Å². The zero-order valence-electron chi connectivity index (χ0n) is 19.5. The Bertz CT molecular complexity index is 1140. The van der Waals surface area contributed by atoms with Crippen molar-refractivity contribution in [1.82, 2.24) is 15.1 Å². The van der Waals surface area contributed by atoms with E-state index >= 15 is 0 Å². The van der Waals surface area contributed by atoms with E-state index in [0.717, 1.165) is 22.5 Å².